The lowest BCUT2D eigenvalue weighted by Gasteiger charge is -2.13. The second-order valence-corrected chi connectivity index (χ2v) is 3.65. The molecule has 1 rings (SSSR count). The molecule has 0 heterocycles. The third kappa shape index (κ3) is 3.72. The highest BCUT2D eigenvalue weighted by Gasteiger charge is 2.21. The Morgan fingerprint density at radius 2 is 2.00 bits per heavy atom. The van der Waals surface area contributed by atoms with Crippen LogP contribution in [0.4, 0.5) is 8.78 Å². The molecule has 0 bridgehead atoms. The molecule has 0 spiro atoms. The van der Waals surface area contributed by atoms with Crippen molar-refractivity contribution in [1.29, 1.82) is 0 Å². The molecular weight excluding hydrogens is 262 g/mol. The Kier molecular flexibility index (Phi) is 4.94. The summed E-state index contributed by atoms with van der Waals surface area (Å²) in [6, 6.07) is 3.26. The van der Waals surface area contributed by atoms with E-state index in [4.69, 9.17) is 5.11 Å². The quantitative estimate of drug-likeness (QED) is 0.775. The molecule has 0 fully saturated rings. The molecule has 104 valence electrons. The molecule has 0 aliphatic rings. The number of aliphatic carboxylic acids is 1. The zero-order valence-electron chi connectivity index (χ0n) is 9.97. The Balaban J connectivity index is 3.22. The number of ketones is 1. The number of carboxylic acids is 1. The Bertz CT molecular complexity index is 487. The van der Waals surface area contributed by atoms with Gasteiger partial charge in [-0.05, 0) is 17.7 Å². The lowest BCUT2D eigenvalue weighted by atomic mass is 10.0. The van der Waals surface area contributed by atoms with Crippen molar-refractivity contribution in [2.24, 2.45) is 0 Å². The van der Waals surface area contributed by atoms with Crippen molar-refractivity contribution in [3.63, 3.8) is 0 Å². The van der Waals surface area contributed by atoms with Gasteiger partial charge >= 0.3 is 12.6 Å². The number of benzene rings is 1. The third-order valence-electron chi connectivity index (χ3n) is 2.39. The fourth-order valence-electron chi connectivity index (χ4n) is 1.47. The second kappa shape index (κ2) is 6.24. The number of hydrogen-bond acceptors (Lipinski definition) is 4. The third-order valence-corrected chi connectivity index (χ3v) is 2.39. The Hall–Kier alpha value is -2.02. The van der Waals surface area contributed by atoms with Gasteiger partial charge in [-0.3, -0.25) is 4.79 Å². The fraction of sp³-hybridized carbons (Fsp3) is 0.333. The van der Waals surface area contributed by atoms with Crippen LogP contribution in [-0.4, -0.2) is 28.6 Å². The summed E-state index contributed by atoms with van der Waals surface area (Å²) < 4.78 is 28.7. The van der Waals surface area contributed by atoms with Gasteiger partial charge in [0.2, 0.25) is 0 Å². The van der Waals surface area contributed by atoms with Crippen molar-refractivity contribution in [3.05, 3.63) is 29.3 Å². The van der Waals surface area contributed by atoms with E-state index >= 15 is 0 Å². The molecule has 1 aromatic rings. The van der Waals surface area contributed by atoms with E-state index in [0.29, 0.717) is 0 Å². The smallest absolute Gasteiger partial charge is 0.387 e. The first-order valence-corrected chi connectivity index (χ1v) is 5.39. The first-order valence-electron chi connectivity index (χ1n) is 5.39. The van der Waals surface area contributed by atoms with E-state index < -0.39 is 30.2 Å². The van der Waals surface area contributed by atoms with Crippen molar-refractivity contribution in [2.75, 3.05) is 0 Å². The predicted octanol–water partition coefficient (Wildman–Crippen LogP) is 2.00. The molecule has 0 aromatic heterocycles. The van der Waals surface area contributed by atoms with Crippen molar-refractivity contribution in [3.8, 4) is 5.75 Å². The molecule has 0 saturated carbocycles. The number of carboxylic acid groups (broad SMARTS) is 1. The fourth-order valence-corrected chi connectivity index (χ4v) is 1.47. The zero-order valence-corrected chi connectivity index (χ0v) is 9.97. The molecule has 19 heavy (non-hydrogen) atoms. The van der Waals surface area contributed by atoms with E-state index in [0.717, 1.165) is 12.1 Å². The molecule has 0 amide bonds. The van der Waals surface area contributed by atoms with Crippen LogP contribution in [0.5, 0.6) is 5.75 Å². The van der Waals surface area contributed by atoms with Gasteiger partial charge in [0, 0.05) is 6.42 Å². The number of ether oxygens (including phenoxy) is 1. The normalized spacial score (nSPS) is 12.3. The lowest BCUT2D eigenvalue weighted by molar-refractivity contribution is -0.146. The largest absolute Gasteiger partial charge is 0.479 e. The minimum atomic E-state index is -3.15. The van der Waals surface area contributed by atoms with Gasteiger partial charge in [0.05, 0.1) is 5.56 Å². The van der Waals surface area contributed by atoms with Gasteiger partial charge in [-0.2, -0.15) is 8.78 Å². The summed E-state index contributed by atoms with van der Waals surface area (Å²) in [5.74, 6) is -2.40. The molecular formula is C12H12F2O5. The molecule has 1 aromatic carbocycles. The number of carbonyl (C=O) groups is 2. The van der Waals surface area contributed by atoms with E-state index in [1.54, 1.807) is 6.92 Å². The van der Waals surface area contributed by atoms with Crippen LogP contribution in [0.2, 0.25) is 0 Å². The van der Waals surface area contributed by atoms with Gasteiger partial charge in [-0.25, -0.2) is 4.79 Å². The van der Waals surface area contributed by atoms with E-state index in [-0.39, 0.29) is 17.5 Å². The monoisotopic (exact) mass is 274 g/mol. The number of alkyl halides is 2. The molecule has 0 saturated heterocycles. The number of rotatable bonds is 6. The minimum Gasteiger partial charge on any atom is -0.479 e. The SMILES string of the molecule is CCC(=O)c1ccc(C(O)C(=O)O)cc1OC(F)F. The second-order valence-electron chi connectivity index (χ2n) is 3.65. The van der Waals surface area contributed by atoms with E-state index in [1.807, 2.05) is 0 Å². The molecule has 0 radical (unpaired) electrons. The van der Waals surface area contributed by atoms with Gasteiger partial charge < -0.3 is 14.9 Å². The number of carbonyl (C=O) groups excluding carboxylic acids is 1. The van der Waals surface area contributed by atoms with Crippen LogP contribution in [-0.2, 0) is 4.79 Å². The first-order chi connectivity index (χ1) is 8.86. The molecule has 1 atom stereocenters. The van der Waals surface area contributed by atoms with E-state index in [9.17, 15) is 23.5 Å². The van der Waals surface area contributed by atoms with Crippen LogP contribution < -0.4 is 4.74 Å². The predicted molar refractivity (Wildman–Crippen MR) is 60.3 cm³/mol. The average molecular weight is 274 g/mol. The van der Waals surface area contributed by atoms with Gasteiger partial charge in [0.1, 0.15) is 5.75 Å². The van der Waals surface area contributed by atoms with Crippen LogP contribution in [0.15, 0.2) is 18.2 Å². The highest BCUT2D eigenvalue weighted by molar-refractivity contribution is 5.98. The number of halogens is 2. The zero-order chi connectivity index (χ0) is 14.6. The van der Waals surface area contributed by atoms with Crippen molar-refractivity contribution in [2.45, 2.75) is 26.1 Å². The maximum Gasteiger partial charge on any atom is 0.387 e. The molecule has 0 aliphatic carbocycles. The number of hydrogen-bond donors (Lipinski definition) is 2. The molecule has 5 nitrogen and oxygen atoms in total. The van der Waals surface area contributed by atoms with Crippen molar-refractivity contribution in [1.82, 2.24) is 0 Å². The van der Waals surface area contributed by atoms with Crippen LogP contribution >= 0.6 is 0 Å². The lowest BCUT2D eigenvalue weighted by Crippen LogP contribution is -2.13. The number of Topliss-reactive ketones (excluding diaryl/α,β-unsaturated/α-hetero) is 1. The number of aliphatic hydroxyl groups excluding tert-OH is 1. The van der Waals surface area contributed by atoms with Crippen molar-refractivity contribution < 1.29 is 33.3 Å². The summed E-state index contributed by atoms with van der Waals surface area (Å²) in [7, 11) is 0. The molecule has 0 aliphatic heterocycles. The average Bonchev–Trinajstić information content (AvgIpc) is 2.36. The van der Waals surface area contributed by atoms with Crippen molar-refractivity contribution >= 4 is 11.8 Å². The summed E-state index contributed by atoms with van der Waals surface area (Å²) in [4.78, 5) is 22.1. The van der Waals surface area contributed by atoms with Gasteiger partial charge in [0.25, 0.3) is 0 Å². The summed E-state index contributed by atoms with van der Waals surface area (Å²) in [5.41, 5.74) is -0.222. The van der Waals surface area contributed by atoms with Crippen LogP contribution in [0, 0.1) is 0 Å². The maximum atomic E-state index is 12.2. The van der Waals surface area contributed by atoms with Gasteiger partial charge in [0.15, 0.2) is 11.9 Å². The standard InChI is InChI=1S/C12H12F2O5/c1-2-8(15)7-4-3-6(10(16)11(17)18)5-9(7)19-12(13)14/h3-5,10,12,16H,2H2,1H3,(H,17,18). The minimum absolute atomic E-state index is 0.0795. The Morgan fingerprint density at radius 3 is 2.47 bits per heavy atom. The Labute approximate surface area is 107 Å². The summed E-state index contributed by atoms with van der Waals surface area (Å²) in [5, 5.41) is 17.9. The highest BCUT2D eigenvalue weighted by atomic mass is 19.3. The van der Waals surface area contributed by atoms with E-state index in [2.05, 4.69) is 4.74 Å². The van der Waals surface area contributed by atoms with Gasteiger partial charge in [-0.15, -0.1) is 0 Å². The van der Waals surface area contributed by atoms with E-state index in [1.165, 1.54) is 6.07 Å². The van der Waals surface area contributed by atoms with Crippen LogP contribution in [0.1, 0.15) is 35.4 Å². The Morgan fingerprint density at radius 1 is 1.37 bits per heavy atom. The summed E-state index contributed by atoms with van der Waals surface area (Å²) in [6.45, 7) is -1.60. The summed E-state index contributed by atoms with van der Waals surface area (Å²) in [6.07, 6.45) is -1.79. The molecule has 1 unspecified atom stereocenters. The van der Waals surface area contributed by atoms with Crippen LogP contribution in [0.3, 0.4) is 0 Å². The number of aliphatic hydroxyl groups is 1. The first kappa shape index (κ1) is 15.0. The molecule has 2 N–H and O–H groups in total. The highest BCUT2D eigenvalue weighted by Crippen LogP contribution is 2.27. The molecule has 7 heteroatoms. The maximum absolute atomic E-state index is 12.2. The van der Waals surface area contributed by atoms with Crippen LogP contribution in [0.25, 0.3) is 0 Å². The van der Waals surface area contributed by atoms with Gasteiger partial charge in [-0.1, -0.05) is 13.0 Å². The topological polar surface area (TPSA) is 83.8 Å². The summed E-state index contributed by atoms with van der Waals surface area (Å²) >= 11 is 0.